The van der Waals surface area contributed by atoms with Crippen LogP contribution in [-0.4, -0.2) is 18.3 Å². The van der Waals surface area contributed by atoms with E-state index < -0.39 is 8.60 Å². The van der Waals surface area contributed by atoms with Crippen molar-refractivity contribution in [2.45, 2.75) is 118 Å². The highest BCUT2D eigenvalue weighted by molar-refractivity contribution is 7.41. The Labute approximate surface area is 140 Å². The topological polar surface area (TPSA) is 27.7 Å². The van der Waals surface area contributed by atoms with Crippen molar-refractivity contribution in [2.24, 2.45) is 0 Å². The van der Waals surface area contributed by atoms with Gasteiger partial charge in [-0.05, 0) is 38.5 Å². The highest BCUT2D eigenvalue weighted by Crippen LogP contribution is 2.46. The van der Waals surface area contributed by atoms with E-state index in [1.54, 1.807) is 0 Å². The molecule has 3 atom stereocenters. The van der Waals surface area contributed by atoms with Crippen molar-refractivity contribution in [2.75, 3.05) is 0 Å². The van der Waals surface area contributed by atoms with Gasteiger partial charge in [-0.2, -0.15) is 0 Å². The Morgan fingerprint density at radius 2 is 0.818 bits per heavy atom. The molecular weight excluding hydrogens is 295 g/mol. The van der Waals surface area contributed by atoms with Crippen LogP contribution in [0.3, 0.4) is 0 Å². The molecule has 4 heteroatoms. The Kier molecular flexibility index (Phi) is 15.1. The molecule has 3 unspecified atom stereocenters. The first-order valence-electron chi connectivity index (χ1n) is 9.45. The number of hydrogen-bond acceptors (Lipinski definition) is 3. The zero-order chi connectivity index (χ0) is 16.8. The second-order valence-electron chi connectivity index (χ2n) is 6.00. The van der Waals surface area contributed by atoms with Gasteiger partial charge in [-0.25, -0.2) is 0 Å². The Morgan fingerprint density at radius 1 is 0.545 bits per heavy atom. The van der Waals surface area contributed by atoms with Crippen molar-refractivity contribution in [1.29, 1.82) is 0 Å². The molecule has 0 fully saturated rings. The van der Waals surface area contributed by atoms with Crippen molar-refractivity contribution in [1.82, 2.24) is 0 Å². The average molecular weight is 334 g/mol. The summed E-state index contributed by atoms with van der Waals surface area (Å²) in [4.78, 5) is 0. The van der Waals surface area contributed by atoms with Crippen LogP contribution in [0.5, 0.6) is 0 Å². The van der Waals surface area contributed by atoms with Crippen molar-refractivity contribution in [3.05, 3.63) is 0 Å². The Balaban J connectivity index is 4.71. The van der Waals surface area contributed by atoms with Crippen molar-refractivity contribution in [3.8, 4) is 0 Å². The lowest BCUT2D eigenvalue weighted by Crippen LogP contribution is -2.18. The quantitative estimate of drug-likeness (QED) is 0.302. The van der Waals surface area contributed by atoms with Crippen LogP contribution in [0.25, 0.3) is 0 Å². The van der Waals surface area contributed by atoms with Crippen LogP contribution in [0.15, 0.2) is 0 Å². The Hall–Kier alpha value is 0.310. The van der Waals surface area contributed by atoms with E-state index in [-0.39, 0.29) is 18.3 Å². The fourth-order valence-electron chi connectivity index (χ4n) is 2.40. The van der Waals surface area contributed by atoms with Crippen molar-refractivity contribution < 1.29 is 13.6 Å². The maximum absolute atomic E-state index is 6.22. The van der Waals surface area contributed by atoms with Gasteiger partial charge in [-0.1, -0.05) is 60.8 Å². The summed E-state index contributed by atoms with van der Waals surface area (Å²) in [7, 11) is -1.23. The molecule has 0 rings (SSSR count). The summed E-state index contributed by atoms with van der Waals surface area (Å²) in [6.45, 7) is 13.1. The first-order valence-corrected chi connectivity index (χ1v) is 10.5. The molecule has 0 aromatic rings. The van der Waals surface area contributed by atoms with Crippen molar-refractivity contribution >= 4 is 8.60 Å². The molecule has 0 amide bonds. The molecule has 0 aromatic carbocycles. The van der Waals surface area contributed by atoms with E-state index in [9.17, 15) is 0 Å². The summed E-state index contributed by atoms with van der Waals surface area (Å²) in [6, 6.07) is 0. The van der Waals surface area contributed by atoms with Gasteiger partial charge in [-0.15, -0.1) is 0 Å². The van der Waals surface area contributed by atoms with E-state index in [1.165, 1.54) is 0 Å². The van der Waals surface area contributed by atoms with Crippen LogP contribution in [0.2, 0.25) is 0 Å². The minimum atomic E-state index is -1.23. The van der Waals surface area contributed by atoms with E-state index in [0.717, 1.165) is 57.8 Å². The van der Waals surface area contributed by atoms with Crippen LogP contribution in [0.4, 0.5) is 0 Å². The van der Waals surface area contributed by atoms with Gasteiger partial charge in [0, 0.05) is 0 Å². The lowest BCUT2D eigenvalue weighted by Gasteiger charge is -2.28. The zero-order valence-electron chi connectivity index (χ0n) is 15.8. The molecule has 0 aliphatic rings. The standard InChI is InChI=1S/C18H39O3P/c1-7-13-16(10-4)19-22(20-17(11-5)14-8-2)21-18(12-6)15-9-3/h16-18H,7-15H2,1-6H3. The average Bonchev–Trinajstić information content (AvgIpc) is 2.53. The van der Waals surface area contributed by atoms with Crippen molar-refractivity contribution in [3.63, 3.8) is 0 Å². The van der Waals surface area contributed by atoms with Gasteiger partial charge < -0.3 is 13.6 Å². The van der Waals surface area contributed by atoms with Gasteiger partial charge in [0.2, 0.25) is 0 Å². The third kappa shape index (κ3) is 10.2. The summed E-state index contributed by atoms with van der Waals surface area (Å²) in [5, 5.41) is 0. The summed E-state index contributed by atoms with van der Waals surface area (Å²) in [5.74, 6) is 0. The lowest BCUT2D eigenvalue weighted by molar-refractivity contribution is 0.0541. The van der Waals surface area contributed by atoms with Crippen LogP contribution in [-0.2, 0) is 13.6 Å². The molecule has 134 valence electrons. The third-order valence-electron chi connectivity index (χ3n) is 3.90. The van der Waals surface area contributed by atoms with Gasteiger partial charge in [0.25, 0.3) is 0 Å². The molecule has 0 saturated heterocycles. The molecule has 0 bridgehead atoms. The first-order chi connectivity index (χ1) is 10.6. The van der Waals surface area contributed by atoms with E-state index in [0.29, 0.717) is 0 Å². The smallest absolute Gasteiger partial charge is 0.309 e. The summed E-state index contributed by atoms with van der Waals surface area (Å²) < 4.78 is 18.7. The second kappa shape index (κ2) is 14.9. The molecule has 0 saturated carbocycles. The minimum Gasteiger partial charge on any atom is -0.309 e. The maximum Gasteiger partial charge on any atom is 0.333 e. The van der Waals surface area contributed by atoms with Crippen LogP contribution < -0.4 is 0 Å². The first kappa shape index (κ1) is 22.3. The summed E-state index contributed by atoms with van der Waals surface area (Å²) in [5.41, 5.74) is 0. The molecule has 0 aliphatic heterocycles. The Morgan fingerprint density at radius 3 is 1.00 bits per heavy atom. The van der Waals surface area contributed by atoms with Gasteiger partial charge in [0.05, 0.1) is 18.3 Å². The second-order valence-corrected chi connectivity index (χ2v) is 7.08. The van der Waals surface area contributed by atoms with E-state index in [4.69, 9.17) is 13.6 Å². The molecule has 3 nitrogen and oxygen atoms in total. The van der Waals surface area contributed by atoms with Gasteiger partial charge >= 0.3 is 8.60 Å². The minimum absolute atomic E-state index is 0.259. The predicted octanol–water partition coefficient (Wildman–Crippen LogP) is 7.00. The van der Waals surface area contributed by atoms with E-state index >= 15 is 0 Å². The number of rotatable bonds is 15. The fourth-order valence-corrected chi connectivity index (χ4v) is 4.04. The molecule has 0 heterocycles. The molecular formula is C18H39O3P. The number of hydrogen-bond donors (Lipinski definition) is 0. The van der Waals surface area contributed by atoms with Crippen LogP contribution in [0.1, 0.15) is 99.3 Å². The molecule has 0 aliphatic carbocycles. The molecule has 0 spiro atoms. The SMILES string of the molecule is CCCC(CC)OP(OC(CC)CCC)OC(CC)CCC. The highest BCUT2D eigenvalue weighted by atomic mass is 31.2. The lowest BCUT2D eigenvalue weighted by atomic mass is 10.2. The predicted molar refractivity (Wildman–Crippen MR) is 97.1 cm³/mol. The molecule has 0 radical (unpaired) electrons. The maximum atomic E-state index is 6.22. The third-order valence-corrected chi connectivity index (χ3v) is 5.31. The largest absolute Gasteiger partial charge is 0.333 e. The summed E-state index contributed by atoms with van der Waals surface area (Å²) >= 11 is 0. The highest BCUT2D eigenvalue weighted by Gasteiger charge is 2.25. The van der Waals surface area contributed by atoms with Gasteiger partial charge in [0.15, 0.2) is 0 Å². The monoisotopic (exact) mass is 334 g/mol. The molecule has 0 N–H and O–H groups in total. The van der Waals surface area contributed by atoms with E-state index in [1.807, 2.05) is 0 Å². The van der Waals surface area contributed by atoms with Gasteiger partial charge in [0.1, 0.15) is 0 Å². The normalized spacial score (nSPS) is 17.2. The molecule has 0 aromatic heterocycles. The summed E-state index contributed by atoms with van der Waals surface area (Å²) in [6.07, 6.45) is 10.5. The molecule has 22 heavy (non-hydrogen) atoms. The zero-order valence-corrected chi connectivity index (χ0v) is 16.7. The fraction of sp³-hybridized carbons (Fsp3) is 1.00. The van der Waals surface area contributed by atoms with Gasteiger partial charge in [-0.3, -0.25) is 0 Å². The van der Waals surface area contributed by atoms with Crippen LogP contribution in [0, 0.1) is 0 Å². The van der Waals surface area contributed by atoms with Crippen LogP contribution >= 0.6 is 8.60 Å². The van der Waals surface area contributed by atoms with E-state index in [2.05, 4.69) is 41.5 Å². The Bertz CT molecular complexity index is 200.